The Kier molecular flexibility index (Phi) is 18.9. The molecule has 14 nitrogen and oxygen atoms in total. The highest BCUT2D eigenvalue weighted by Gasteiger charge is 2.52. The Morgan fingerprint density at radius 3 is 0.415 bits per heavy atom. The first-order valence-electron chi connectivity index (χ1n) is 18.3. The van der Waals surface area contributed by atoms with Crippen LogP contribution in [0.2, 0.25) is 170 Å². The summed E-state index contributed by atoms with van der Waals surface area (Å²) < 4.78 is 78.7. The quantitative estimate of drug-likeness (QED) is 0.0893. The van der Waals surface area contributed by atoms with Gasteiger partial charge in [-0.25, -0.2) is 0 Å². The molecule has 0 atom stereocenters. The summed E-state index contributed by atoms with van der Waals surface area (Å²) in [4.78, 5) is 19.8. The first-order valence-corrected chi connectivity index (χ1v) is 55.0. The molecule has 0 radical (unpaired) electrons. The highest BCUT2D eigenvalue weighted by molar-refractivity contribution is 6.94. The Hall–Kier alpha value is 2.26. The van der Waals surface area contributed by atoms with Crippen molar-refractivity contribution in [3.63, 3.8) is 0 Å². The van der Waals surface area contributed by atoms with Crippen molar-refractivity contribution >= 4 is 111 Å². The lowest BCUT2D eigenvalue weighted by Gasteiger charge is -2.45. The van der Waals surface area contributed by atoms with Gasteiger partial charge < -0.3 is 59.0 Å². The van der Waals surface area contributed by atoms with Crippen LogP contribution in [0.1, 0.15) is 0 Å². The average molecular weight is 982 g/mol. The van der Waals surface area contributed by atoms with E-state index >= 15 is 0 Å². The van der Waals surface area contributed by atoms with E-state index in [-0.39, 0.29) is 0 Å². The second-order valence-corrected chi connectivity index (χ2v) is 66.4. The molecule has 0 rings (SSSR count). The minimum absolute atomic E-state index is 1.30. The molecular weight excluding hydrogens is 901 g/mol. The van der Waals surface area contributed by atoms with E-state index in [1.807, 2.05) is 91.7 Å². The lowest BCUT2D eigenvalue weighted by atomic mass is 11.8. The van der Waals surface area contributed by atoms with Gasteiger partial charge >= 0.3 is 103 Å². The van der Waals surface area contributed by atoms with Gasteiger partial charge in [-0.1, -0.05) is 0 Å². The number of hydrogen-bond acceptors (Lipinski definition) is 14. The van der Waals surface area contributed by atoms with Crippen LogP contribution in [0.3, 0.4) is 0 Å². The molecular formula is C26H80O14Si13. The second-order valence-electron chi connectivity index (χ2n) is 19.7. The van der Waals surface area contributed by atoms with Gasteiger partial charge in [0, 0.05) is 6.55 Å². The van der Waals surface area contributed by atoms with Gasteiger partial charge in [0.15, 0.2) is 8.32 Å². The fourth-order valence-corrected chi connectivity index (χ4v) is 70.3. The van der Waals surface area contributed by atoms with Crippen LogP contribution in [0.4, 0.5) is 0 Å². The third-order valence-corrected chi connectivity index (χ3v) is 53.2. The summed E-state index contributed by atoms with van der Waals surface area (Å²) in [5, 5.41) is 0. The third kappa shape index (κ3) is 26.9. The fraction of sp³-hybridized carbons (Fsp3) is 1.00. The molecule has 0 unspecified atom stereocenters. The summed E-state index contributed by atoms with van der Waals surface area (Å²) in [6, 6.07) is 0. The van der Waals surface area contributed by atoms with Crippen LogP contribution in [-0.4, -0.2) is 121 Å². The van der Waals surface area contributed by atoms with Crippen LogP contribution in [0, 0.1) is 0 Å². The molecule has 0 aliphatic heterocycles. The average Bonchev–Trinajstić information content (AvgIpc) is 2.58. The van der Waals surface area contributed by atoms with Crippen LogP contribution in [-0.2, 0) is 49.4 Å². The topological polar surface area (TPSA) is 151 Å². The first-order chi connectivity index (χ1) is 22.5. The van der Waals surface area contributed by atoms with Crippen molar-refractivity contribution in [1.29, 1.82) is 0 Å². The molecule has 0 spiro atoms. The van der Waals surface area contributed by atoms with Crippen molar-refractivity contribution in [3.05, 3.63) is 0 Å². The fourth-order valence-electron chi connectivity index (χ4n) is 7.35. The smallest absolute Gasteiger partial charge is 0.437 e. The van der Waals surface area contributed by atoms with Gasteiger partial charge in [0.25, 0.3) is 0 Å². The van der Waals surface area contributed by atoms with E-state index in [0.717, 1.165) is 0 Å². The van der Waals surface area contributed by atoms with Gasteiger partial charge in [-0.3, -0.25) is 0 Å². The van der Waals surface area contributed by atoms with Crippen LogP contribution >= 0.6 is 0 Å². The van der Waals surface area contributed by atoms with E-state index in [1.54, 1.807) is 13.1 Å². The van der Waals surface area contributed by atoms with Crippen LogP contribution in [0.5, 0.6) is 0 Å². The molecule has 320 valence electrons. The molecule has 0 fully saturated rings. The van der Waals surface area contributed by atoms with Crippen molar-refractivity contribution in [3.8, 4) is 0 Å². The van der Waals surface area contributed by atoms with Crippen LogP contribution in [0.25, 0.3) is 0 Å². The molecule has 0 aromatic heterocycles. The maximum absolute atomic E-state index is 9.91. The molecule has 2 N–H and O–H groups in total. The SMILES string of the molecule is C[Si](C)(C)O[Si](C)(C)O[Si](C)(C)O[Si](C)(C)O[Si](C)(C)O[Si](C)(C)O[Si](C)(C)O[Si](C)(C)O[Si](C)(C)O[Si](C)(C)O[Si](C)(C)O[Si](C)(C)O[Si](C)(O)O. The molecule has 0 bridgehead atoms. The molecule has 53 heavy (non-hydrogen) atoms. The lowest BCUT2D eigenvalue weighted by Crippen LogP contribution is -2.63. The summed E-state index contributed by atoms with van der Waals surface area (Å²) in [7, 11) is -35.4. The molecule has 0 amide bonds. The highest BCUT2D eigenvalue weighted by atomic mass is 28.5. The highest BCUT2D eigenvalue weighted by Crippen LogP contribution is 2.31. The molecule has 0 aliphatic rings. The number of hydrogen-bond donors (Lipinski definition) is 2. The zero-order valence-electron chi connectivity index (χ0n) is 38.3. The second kappa shape index (κ2) is 18.1. The predicted molar refractivity (Wildman–Crippen MR) is 245 cm³/mol. The molecule has 0 aromatic rings. The summed E-state index contributed by atoms with van der Waals surface area (Å²) in [6.45, 7) is 51.9. The maximum atomic E-state index is 9.91. The Labute approximate surface area is 338 Å². The normalized spacial score (nSPS) is 16.1. The van der Waals surface area contributed by atoms with Crippen molar-refractivity contribution in [2.45, 2.75) is 170 Å². The Balaban J connectivity index is 5.60. The first kappa shape index (κ1) is 55.3. The molecule has 0 saturated carbocycles. The summed E-state index contributed by atoms with van der Waals surface area (Å²) in [5.41, 5.74) is 0. The van der Waals surface area contributed by atoms with Gasteiger partial charge in [0.1, 0.15) is 0 Å². The summed E-state index contributed by atoms with van der Waals surface area (Å²) in [5.74, 6) is 0. The Morgan fingerprint density at radius 2 is 0.302 bits per heavy atom. The van der Waals surface area contributed by atoms with E-state index in [4.69, 9.17) is 49.4 Å². The monoisotopic (exact) mass is 980 g/mol. The number of rotatable bonds is 24. The van der Waals surface area contributed by atoms with E-state index in [2.05, 4.69) is 58.9 Å². The summed E-state index contributed by atoms with van der Waals surface area (Å²) >= 11 is 0. The molecule has 0 aromatic carbocycles. The molecule has 27 heteroatoms. The third-order valence-electron chi connectivity index (χ3n) is 5.91. The Morgan fingerprint density at radius 1 is 0.189 bits per heavy atom. The van der Waals surface area contributed by atoms with Gasteiger partial charge in [-0.2, -0.15) is 0 Å². The van der Waals surface area contributed by atoms with Gasteiger partial charge in [0.2, 0.25) is 0 Å². The molecule has 0 heterocycles. The van der Waals surface area contributed by atoms with Crippen molar-refractivity contribution in [1.82, 2.24) is 0 Å². The van der Waals surface area contributed by atoms with Crippen LogP contribution in [0.15, 0.2) is 0 Å². The van der Waals surface area contributed by atoms with Gasteiger partial charge in [-0.15, -0.1) is 0 Å². The van der Waals surface area contributed by atoms with E-state index < -0.39 is 111 Å². The van der Waals surface area contributed by atoms with Crippen molar-refractivity contribution < 1.29 is 59.0 Å². The van der Waals surface area contributed by atoms with Crippen LogP contribution < -0.4 is 0 Å². The zero-order chi connectivity index (χ0) is 43.0. The van der Waals surface area contributed by atoms with Gasteiger partial charge in [0.05, 0.1) is 0 Å². The Bertz CT molecular complexity index is 1100. The largest absolute Gasteiger partial charge is 0.483 e. The minimum atomic E-state index is -3.76. The standard InChI is InChI=1S/C26H80O14Si13/c1-41(2,3)29-42(4,5)30-43(6,7)31-44(8,9)32-45(10,11)33-46(12,13)34-47(14,15)35-48(16,17)36-49(18,19)37-50(20,21)38-51(22,23)39-52(24,25)40-53(26,27)28/h27-28H,1-26H3. The molecule has 0 aliphatic carbocycles. The lowest BCUT2D eigenvalue weighted by molar-refractivity contribution is 0.211. The molecule has 0 saturated heterocycles. The van der Waals surface area contributed by atoms with Crippen molar-refractivity contribution in [2.75, 3.05) is 0 Å². The van der Waals surface area contributed by atoms with E-state index in [0.29, 0.717) is 0 Å². The van der Waals surface area contributed by atoms with Crippen molar-refractivity contribution in [2.24, 2.45) is 0 Å². The van der Waals surface area contributed by atoms with E-state index in [1.165, 1.54) is 6.55 Å². The zero-order valence-corrected chi connectivity index (χ0v) is 51.3. The maximum Gasteiger partial charge on any atom is 0.483 e. The van der Waals surface area contributed by atoms with E-state index in [9.17, 15) is 9.59 Å². The predicted octanol–water partition coefficient (Wildman–Crippen LogP) is 8.29. The summed E-state index contributed by atoms with van der Waals surface area (Å²) in [6.07, 6.45) is 0. The minimum Gasteiger partial charge on any atom is -0.437 e. The van der Waals surface area contributed by atoms with Gasteiger partial charge in [-0.05, 0) is 164 Å².